The van der Waals surface area contributed by atoms with Gasteiger partial charge in [0, 0.05) is 16.6 Å². The number of anilines is 1. The maximum Gasteiger partial charge on any atom is 0.261 e. The molecule has 1 aromatic heterocycles. The van der Waals surface area contributed by atoms with Crippen LogP contribution in [0.5, 0.6) is 0 Å². The van der Waals surface area contributed by atoms with Gasteiger partial charge in [-0.1, -0.05) is 12.1 Å². The molecule has 0 fully saturated rings. The van der Waals surface area contributed by atoms with Crippen molar-refractivity contribution in [1.82, 2.24) is 4.98 Å². The Balaban J connectivity index is 1.81. The summed E-state index contributed by atoms with van der Waals surface area (Å²) < 4.78 is 39.8. The molecule has 0 amide bonds. The van der Waals surface area contributed by atoms with Crippen LogP contribution in [-0.2, 0) is 10.0 Å². The first kappa shape index (κ1) is 15.6. The summed E-state index contributed by atoms with van der Waals surface area (Å²) in [5.74, 6) is -0.480. The van der Waals surface area contributed by atoms with Crippen molar-refractivity contribution in [2.24, 2.45) is 0 Å². The number of hydrogen-bond donors (Lipinski definition) is 1. The van der Waals surface area contributed by atoms with Gasteiger partial charge in [0.25, 0.3) is 10.0 Å². The van der Waals surface area contributed by atoms with Crippen LogP contribution in [0.25, 0.3) is 11.3 Å². The molecule has 0 unspecified atom stereocenters. The third-order valence-electron chi connectivity index (χ3n) is 3.18. The third kappa shape index (κ3) is 3.57. The molecule has 0 atom stereocenters. The summed E-state index contributed by atoms with van der Waals surface area (Å²) in [4.78, 5) is 4.40. The van der Waals surface area contributed by atoms with Crippen LogP contribution in [0.4, 0.5) is 10.1 Å². The number of halogens is 1. The zero-order chi connectivity index (χ0) is 16.4. The second-order valence-corrected chi connectivity index (χ2v) is 7.63. The molecule has 7 heteroatoms. The molecule has 0 aliphatic heterocycles. The first-order chi connectivity index (χ1) is 10.9. The van der Waals surface area contributed by atoms with Crippen molar-refractivity contribution in [3.8, 4) is 11.3 Å². The Hall–Kier alpha value is -2.25. The van der Waals surface area contributed by atoms with Gasteiger partial charge in [-0.3, -0.25) is 4.72 Å². The van der Waals surface area contributed by atoms with Crippen LogP contribution in [-0.4, -0.2) is 13.4 Å². The van der Waals surface area contributed by atoms with Gasteiger partial charge >= 0.3 is 0 Å². The minimum absolute atomic E-state index is 0.0121. The molecular weight excluding hydrogens is 335 g/mol. The van der Waals surface area contributed by atoms with Crippen LogP contribution < -0.4 is 4.72 Å². The lowest BCUT2D eigenvalue weighted by Gasteiger charge is -2.08. The predicted octanol–water partition coefficient (Wildman–Crippen LogP) is 4.06. The molecule has 0 saturated carbocycles. The summed E-state index contributed by atoms with van der Waals surface area (Å²) in [7, 11) is -3.73. The van der Waals surface area contributed by atoms with E-state index in [9.17, 15) is 12.8 Å². The Labute approximate surface area is 137 Å². The van der Waals surface area contributed by atoms with Crippen LogP contribution in [0, 0.1) is 12.7 Å². The highest BCUT2D eigenvalue weighted by atomic mass is 32.2. The smallest absolute Gasteiger partial charge is 0.261 e. The van der Waals surface area contributed by atoms with Crippen molar-refractivity contribution in [3.63, 3.8) is 0 Å². The van der Waals surface area contributed by atoms with Gasteiger partial charge in [-0.05, 0) is 43.3 Å². The number of hydrogen-bond acceptors (Lipinski definition) is 4. The van der Waals surface area contributed by atoms with Gasteiger partial charge in [-0.15, -0.1) is 11.3 Å². The van der Waals surface area contributed by atoms with Gasteiger partial charge < -0.3 is 0 Å². The summed E-state index contributed by atoms with van der Waals surface area (Å²) in [5, 5.41) is 2.92. The van der Waals surface area contributed by atoms with E-state index < -0.39 is 15.8 Å². The van der Waals surface area contributed by atoms with Gasteiger partial charge in [0.05, 0.1) is 15.6 Å². The third-order valence-corrected chi connectivity index (χ3v) is 5.35. The molecule has 0 aliphatic rings. The van der Waals surface area contributed by atoms with Crippen molar-refractivity contribution >= 4 is 27.0 Å². The number of aromatic nitrogens is 1. The monoisotopic (exact) mass is 348 g/mol. The molecular formula is C16H13FN2O2S2. The van der Waals surface area contributed by atoms with Crippen molar-refractivity contribution in [2.45, 2.75) is 11.8 Å². The van der Waals surface area contributed by atoms with Gasteiger partial charge in [-0.25, -0.2) is 17.8 Å². The van der Waals surface area contributed by atoms with Gasteiger partial charge in [0.15, 0.2) is 0 Å². The number of sulfonamides is 1. The van der Waals surface area contributed by atoms with Gasteiger partial charge in [0.1, 0.15) is 5.82 Å². The molecule has 4 nitrogen and oxygen atoms in total. The Kier molecular flexibility index (Phi) is 4.14. The fraction of sp³-hybridized carbons (Fsp3) is 0.0625. The number of rotatable bonds is 4. The predicted molar refractivity (Wildman–Crippen MR) is 89.5 cm³/mol. The second kappa shape index (κ2) is 6.10. The van der Waals surface area contributed by atoms with E-state index in [1.165, 1.54) is 12.1 Å². The highest BCUT2D eigenvalue weighted by Gasteiger charge is 2.14. The summed E-state index contributed by atoms with van der Waals surface area (Å²) in [5.41, 5.74) is 2.21. The van der Waals surface area contributed by atoms with E-state index in [2.05, 4.69) is 9.71 Å². The van der Waals surface area contributed by atoms with Crippen LogP contribution in [0.1, 0.15) is 5.01 Å². The first-order valence-corrected chi connectivity index (χ1v) is 9.11. The number of aryl methyl sites for hydroxylation is 1. The highest BCUT2D eigenvalue weighted by molar-refractivity contribution is 7.92. The van der Waals surface area contributed by atoms with Crippen LogP contribution >= 0.6 is 11.3 Å². The largest absolute Gasteiger partial charge is 0.280 e. The van der Waals surface area contributed by atoms with Crippen LogP contribution in [0.3, 0.4) is 0 Å². The zero-order valence-electron chi connectivity index (χ0n) is 12.2. The van der Waals surface area contributed by atoms with Gasteiger partial charge in [0.2, 0.25) is 0 Å². The average Bonchev–Trinajstić information content (AvgIpc) is 2.95. The summed E-state index contributed by atoms with van der Waals surface area (Å²) >= 11 is 1.56. The van der Waals surface area contributed by atoms with E-state index in [0.717, 1.165) is 28.4 Å². The van der Waals surface area contributed by atoms with E-state index in [1.807, 2.05) is 12.3 Å². The molecule has 3 rings (SSSR count). The minimum atomic E-state index is -3.73. The highest BCUT2D eigenvalue weighted by Crippen LogP contribution is 2.24. The Morgan fingerprint density at radius 3 is 2.26 bits per heavy atom. The van der Waals surface area contributed by atoms with Gasteiger partial charge in [-0.2, -0.15) is 0 Å². The van der Waals surface area contributed by atoms with Crippen LogP contribution in [0.15, 0.2) is 58.8 Å². The standard InChI is InChI=1S/C16H13FN2O2S2/c1-11-18-16(10-22-11)12-2-6-14(7-3-12)19-23(20,21)15-8-4-13(17)5-9-15/h2-10,19H,1H3. The second-order valence-electron chi connectivity index (χ2n) is 4.89. The summed E-state index contributed by atoms with van der Waals surface area (Å²) in [6.07, 6.45) is 0. The fourth-order valence-electron chi connectivity index (χ4n) is 2.03. The SMILES string of the molecule is Cc1nc(-c2ccc(NS(=O)(=O)c3ccc(F)cc3)cc2)cs1. The number of nitrogens with one attached hydrogen (secondary N) is 1. The lowest BCUT2D eigenvalue weighted by atomic mass is 10.1. The topological polar surface area (TPSA) is 59.1 Å². The minimum Gasteiger partial charge on any atom is -0.280 e. The molecule has 1 N–H and O–H groups in total. The number of nitrogens with zero attached hydrogens (tertiary/aromatic N) is 1. The molecule has 0 bridgehead atoms. The maximum atomic E-state index is 12.9. The molecule has 118 valence electrons. The zero-order valence-corrected chi connectivity index (χ0v) is 13.8. The average molecular weight is 348 g/mol. The lowest BCUT2D eigenvalue weighted by Crippen LogP contribution is -2.12. The van der Waals surface area contributed by atoms with E-state index in [4.69, 9.17) is 0 Å². The normalized spacial score (nSPS) is 11.4. The van der Waals surface area contributed by atoms with Crippen molar-refractivity contribution in [3.05, 3.63) is 64.7 Å². The maximum absolute atomic E-state index is 12.9. The molecule has 0 radical (unpaired) electrons. The molecule has 1 heterocycles. The molecule has 0 aliphatic carbocycles. The Morgan fingerprint density at radius 2 is 1.70 bits per heavy atom. The molecule has 0 saturated heterocycles. The number of benzene rings is 2. The van der Waals surface area contributed by atoms with E-state index in [0.29, 0.717) is 5.69 Å². The Morgan fingerprint density at radius 1 is 1.04 bits per heavy atom. The molecule has 2 aromatic carbocycles. The van der Waals surface area contributed by atoms with Crippen molar-refractivity contribution < 1.29 is 12.8 Å². The summed E-state index contributed by atoms with van der Waals surface area (Å²) in [6.45, 7) is 1.93. The quantitative estimate of drug-likeness (QED) is 0.773. The molecule has 0 spiro atoms. The molecule has 3 aromatic rings. The fourth-order valence-corrected chi connectivity index (χ4v) is 3.71. The van der Waals surface area contributed by atoms with E-state index in [-0.39, 0.29) is 4.90 Å². The lowest BCUT2D eigenvalue weighted by molar-refractivity contribution is 0.599. The molecule has 23 heavy (non-hydrogen) atoms. The van der Waals surface area contributed by atoms with Crippen molar-refractivity contribution in [1.29, 1.82) is 0 Å². The first-order valence-electron chi connectivity index (χ1n) is 6.75. The van der Waals surface area contributed by atoms with E-state index >= 15 is 0 Å². The summed E-state index contributed by atoms with van der Waals surface area (Å²) in [6, 6.07) is 11.6. The Bertz CT molecular complexity index is 917. The van der Waals surface area contributed by atoms with E-state index in [1.54, 1.807) is 35.6 Å². The van der Waals surface area contributed by atoms with Crippen LogP contribution in [0.2, 0.25) is 0 Å². The number of thiazole rings is 1. The van der Waals surface area contributed by atoms with Crippen molar-refractivity contribution in [2.75, 3.05) is 4.72 Å².